The number of carbonyl (C=O) groups is 2. The molecule has 1 amide bonds. The van der Waals surface area contributed by atoms with Gasteiger partial charge in [0, 0.05) is 18.9 Å². The Labute approximate surface area is 87.8 Å². The fourth-order valence-corrected chi connectivity index (χ4v) is 1.51. The van der Waals surface area contributed by atoms with Gasteiger partial charge in [0.2, 0.25) is 5.91 Å². The number of aliphatic hydroxyl groups excluding tert-OH is 1. The van der Waals surface area contributed by atoms with Gasteiger partial charge in [0.1, 0.15) is 6.04 Å². The number of carboxylic acids is 1. The van der Waals surface area contributed by atoms with E-state index in [-0.39, 0.29) is 24.9 Å². The zero-order valence-corrected chi connectivity index (χ0v) is 8.35. The van der Waals surface area contributed by atoms with E-state index in [0.29, 0.717) is 12.8 Å². The molecule has 0 aromatic carbocycles. The van der Waals surface area contributed by atoms with Crippen LogP contribution >= 0.6 is 0 Å². The van der Waals surface area contributed by atoms with Gasteiger partial charge in [-0.05, 0) is 12.8 Å². The maximum Gasteiger partial charge on any atom is 0.326 e. The predicted molar refractivity (Wildman–Crippen MR) is 53.1 cm³/mol. The molecular weight excluding hydrogens is 198 g/mol. The van der Waals surface area contributed by atoms with Gasteiger partial charge in [-0.1, -0.05) is 12.2 Å². The molecule has 0 unspecified atom stereocenters. The number of carboxylic acid groups (broad SMARTS) is 1. The highest BCUT2D eigenvalue weighted by Crippen LogP contribution is 2.17. The summed E-state index contributed by atoms with van der Waals surface area (Å²) < 4.78 is 0. The molecule has 15 heavy (non-hydrogen) atoms. The summed E-state index contributed by atoms with van der Waals surface area (Å²) in [5.41, 5.74) is 0. The largest absolute Gasteiger partial charge is 0.480 e. The van der Waals surface area contributed by atoms with E-state index >= 15 is 0 Å². The molecule has 5 nitrogen and oxygen atoms in total. The molecule has 5 heteroatoms. The third kappa shape index (κ3) is 3.36. The van der Waals surface area contributed by atoms with E-state index < -0.39 is 12.0 Å². The summed E-state index contributed by atoms with van der Waals surface area (Å²) in [6.45, 7) is -0.250. The van der Waals surface area contributed by atoms with Crippen molar-refractivity contribution in [3.05, 3.63) is 12.2 Å². The standard InChI is InChI=1S/C10H15NO4/c12-6-5-8(10(14)15)11-9(13)7-3-1-2-4-7/h1-2,7-8,12H,3-6H2,(H,11,13)(H,14,15)/t8-/m0/s1. The van der Waals surface area contributed by atoms with Crippen molar-refractivity contribution < 1.29 is 19.8 Å². The number of allylic oxidation sites excluding steroid dienone is 2. The zero-order valence-electron chi connectivity index (χ0n) is 8.35. The summed E-state index contributed by atoms with van der Waals surface area (Å²) >= 11 is 0. The highest BCUT2D eigenvalue weighted by atomic mass is 16.4. The molecule has 1 aliphatic rings. The van der Waals surface area contributed by atoms with Gasteiger partial charge in [-0.3, -0.25) is 4.79 Å². The first-order chi connectivity index (χ1) is 7.15. The second kappa shape index (κ2) is 5.50. The quantitative estimate of drug-likeness (QED) is 0.557. The van der Waals surface area contributed by atoms with Crippen LogP contribution in [0.1, 0.15) is 19.3 Å². The van der Waals surface area contributed by atoms with E-state index in [1.165, 1.54) is 0 Å². The van der Waals surface area contributed by atoms with Crippen molar-refractivity contribution >= 4 is 11.9 Å². The van der Waals surface area contributed by atoms with Gasteiger partial charge in [-0.2, -0.15) is 0 Å². The molecule has 0 saturated heterocycles. The lowest BCUT2D eigenvalue weighted by Crippen LogP contribution is -2.43. The zero-order chi connectivity index (χ0) is 11.3. The molecule has 84 valence electrons. The molecule has 0 bridgehead atoms. The monoisotopic (exact) mass is 213 g/mol. The van der Waals surface area contributed by atoms with Crippen LogP contribution in [-0.4, -0.2) is 34.7 Å². The Morgan fingerprint density at radius 3 is 2.47 bits per heavy atom. The van der Waals surface area contributed by atoms with Crippen molar-refractivity contribution in [3.8, 4) is 0 Å². The third-order valence-corrected chi connectivity index (χ3v) is 2.41. The van der Waals surface area contributed by atoms with Crippen LogP contribution in [0.2, 0.25) is 0 Å². The molecular formula is C10H15NO4. The first kappa shape index (κ1) is 11.7. The molecule has 3 N–H and O–H groups in total. The van der Waals surface area contributed by atoms with Crippen LogP contribution in [0.3, 0.4) is 0 Å². The highest BCUT2D eigenvalue weighted by molar-refractivity contribution is 5.85. The Kier molecular flexibility index (Phi) is 4.30. The molecule has 0 heterocycles. The topological polar surface area (TPSA) is 86.6 Å². The molecule has 1 aliphatic carbocycles. The molecule has 1 rings (SSSR count). The summed E-state index contributed by atoms with van der Waals surface area (Å²) in [7, 11) is 0. The normalized spacial score (nSPS) is 17.7. The predicted octanol–water partition coefficient (Wildman–Crippen LogP) is -0.0956. The number of hydrogen-bond donors (Lipinski definition) is 3. The lowest BCUT2D eigenvalue weighted by atomic mass is 10.1. The second-order valence-corrected chi connectivity index (χ2v) is 3.55. The Hall–Kier alpha value is -1.36. The summed E-state index contributed by atoms with van der Waals surface area (Å²) in [5.74, 6) is -1.50. The van der Waals surface area contributed by atoms with Crippen LogP contribution in [0.4, 0.5) is 0 Å². The second-order valence-electron chi connectivity index (χ2n) is 3.55. The van der Waals surface area contributed by atoms with E-state index in [1.807, 2.05) is 12.2 Å². The van der Waals surface area contributed by atoms with Crippen molar-refractivity contribution in [1.29, 1.82) is 0 Å². The van der Waals surface area contributed by atoms with Gasteiger partial charge in [0.25, 0.3) is 0 Å². The number of carbonyl (C=O) groups excluding carboxylic acids is 1. The first-order valence-corrected chi connectivity index (χ1v) is 4.94. The summed E-state index contributed by atoms with van der Waals surface area (Å²) in [5, 5.41) is 19.8. The average Bonchev–Trinajstić information content (AvgIpc) is 2.69. The van der Waals surface area contributed by atoms with E-state index in [1.54, 1.807) is 0 Å². The molecule has 0 aromatic heterocycles. The van der Waals surface area contributed by atoms with Crippen LogP contribution in [0.5, 0.6) is 0 Å². The Morgan fingerprint density at radius 1 is 1.40 bits per heavy atom. The van der Waals surface area contributed by atoms with Crippen LogP contribution in [0.25, 0.3) is 0 Å². The van der Waals surface area contributed by atoms with Gasteiger partial charge in [0.05, 0.1) is 0 Å². The van der Waals surface area contributed by atoms with Crippen molar-refractivity contribution in [2.45, 2.75) is 25.3 Å². The highest BCUT2D eigenvalue weighted by Gasteiger charge is 2.24. The number of aliphatic carboxylic acids is 1. The van der Waals surface area contributed by atoms with Crippen LogP contribution in [-0.2, 0) is 9.59 Å². The van der Waals surface area contributed by atoms with Crippen LogP contribution < -0.4 is 5.32 Å². The SMILES string of the molecule is O=C(N[C@@H](CCO)C(=O)O)C1CC=CC1. The number of amides is 1. The lowest BCUT2D eigenvalue weighted by molar-refractivity contribution is -0.142. The van der Waals surface area contributed by atoms with Crippen molar-refractivity contribution in [2.75, 3.05) is 6.61 Å². The fraction of sp³-hybridized carbons (Fsp3) is 0.600. The molecule has 0 fully saturated rings. The fourth-order valence-electron chi connectivity index (χ4n) is 1.51. The van der Waals surface area contributed by atoms with E-state index in [9.17, 15) is 9.59 Å². The maximum absolute atomic E-state index is 11.5. The smallest absolute Gasteiger partial charge is 0.326 e. The van der Waals surface area contributed by atoms with Crippen molar-refractivity contribution in [3.63, 3.8) is 0 Å². The first-order valence-electron chi connectivity index (χ1n) is 4.94. The Bertz CT molecular complexity index is 267. The summed E-state index contributed by atoms with van der Waals surface area (Å²) in [4.78, 5) is 22.2. The van der Waals surface area contributed by atoms with Gasteiger partial charge in [-0.25, -0.2) is 4.79 Å². The maximum atomic E-state index is 11.5. The van der Waals surface area contributed by atoms with Crippen LogP contribution in [0.15, 0.2) is 12.2 Å². The van der Waals surface area contributed by atoms with Gasteiger partial charge >= 0.3 is 5.97 Å². The van der Waals surface area contributed by atoms with Gasteiger partial charge < -0.3 is 15.5 Å². The molecule has 0 saturated carbocycles. The molecule has 0 spiro atoms. The number of nitrogens with one attached hydrogen (secondary N) is 1. The number of hydrogen-bond acceptors (Lipinski definition) is 3. The lowest BCUT2D eigenvalue weighted by Gasteiger charge is -2.16. The van der Waals surface area contributed by atoms with Crippen molar-refractivity contribution in [1.82, 2.24) is 5.32 Å². The van der Waals surface area contributed by atoms with E-state index in [2.05, 4.69) is 5.32 Å². The van der Waals surface area contributed by atoms with E-state index in [0.717, 1.165) is 0 Å². The Morgan fingerprint density at radius 2 is 2.00 bits per heavy atom. The van der Waals surface area contributed by atoms with Gasteiger partial charge in [-0.15, -0.1) is 0 Å². The van der Waals surface area contributed by atoms with Gasteiger partial charge in [0.15, 0.2) is 0 Å². The summed E-state index contributed by atoms with van der Waals surface area (Å²) in [6, 6.07) is -0.983. The van der Waals surface area contributed by atoms with Crippen LogP contribution in [0, 0.1) is 5.92 Å². The molecule has 1 atom stereocenters. The molecule has 0 aromatic rings. The van der Waals surface area contributed by atoms with Crippen molar-refractivity contribution in [2.24, 2.45) is 5.92 Å². The molecule has 0 aliphatic heterocycles. The number of aliphatic hydroxyl groups is 1. The minimum absolute atomic E-state index is 0.0429. The van der Waals surface area contributed by atoms with E-state index in [4.69, 9.17) is 10.2 Å². The minimum atomic E-state index is -1.11. The molecule has 0 radical (unpaired) electrons. The Balaban J connectivity index is 2.43. The third-order valence-electron chi connectivity index (χ3n) is 2.41. The minimum Gasteiger partial charge on any atom is -0.480 e. The number of rotatable bonds is 5. The summed E-state index contributed by atoms with van der Waals surface area (Å²) in [6.07, 6.45) is 5.19. The average molecular weight is 213 g/mol.